The summed E-state index contributed by atoms with van der Waals surface area (Å²) in [5.74, 6) is -1.26. The van der Waals surface area contributed by atoms with Gasteiger partial charge in [0, 0.05) is 6.04 Å². The van der Waals surface area contributed by atoms with Crippen LogP contribution >= 0.6 is 0 Å². The molecule has 0 saturated heterocycles. The molecule has 0 spiro atoms. The first-order chi connectivity index (χ1) is 4.04. The molecule has 5 heteroatoms. The van der Waals surface area contributed by atoms with Crippen molar-refractivity contribution in [3.05, 3.63) is 0 Å². The van der Waals surface area contributed by atoms with Crippen LogP contribution in [0, 0.1) is 0 Å². The molecule has 2 unspecified atom stereocenters. The van der Waals surface area contributed by atoms with E-state index in [1.54, 1.807) is 6.55 Å². The molecular formula is C4H10O4Si. The van der Waals surface area contributed by atoms with Crippen LogP contribution in [-0.4, -0.2) is 36.1 Å². The molecule has 0 aliphatic rings. The molecule has 3 N–H and O–H groups in total. The van der Waals surface area contributed by atoms with Crippen LogP contribution in [0.25, 0.3) is 0 Å². The summed E-state index contributed by atoms with van der Waals surface area (Å²) < 4.78 is 0. The maximum atomic E-state index is 9.90. The third kappa shape index (κ3) is 4.13. The van der Waals surface area contributed by atoms with Gasteiger partial charge in [-0.1, -0.05) is 0 Å². The van der Waals surface area contributed by atoms with E-state index >= 15 is 0 Å². The highest BCUT2D eigenvalue weighted by molar-refractivity contribution is 6.49. The van der Waals surface area contributed by atoms with Crippen molar-refractivity contribution < 1.29 is 19.8 Å². The van der Waals surface area contributed by atoms with Crippen molar-refractivity contribution in [2.75, 3.05) is 0 Å². The highest BCUT2D eigenvalue weighted by Crippen LogP contribution is 1.95. The smallest absolute Gasteiger partial charge is 0.332 e. The SMILES string of the molecule is C[SiH](O)CC(O)C(=O)O. The normalized spacial score (nSPS) is 16.8. The second-order valence-corrected chi connectivity index (χ2v) is 4.11. The average molecular weight is 150 g/mol. The Labute approximate surface area is 54.5 Å². The summed E-state index contributed by atoms with van der Waals surface area (Å²) in [7, 11) is -1.92. The fraction of sp³-hybridized carbons (Fsp3) is 0.750. The van der Waals surface area contributed by atoms with Crippen LogP contribution in [0.4, 0.5) is 0 Å². The van der Waals surface area contributed by atoms with E-state index in [9.17, 15) is 4.79 Å². The highest BCUT2D eigenvalue weighted by atomic mass is 28.3. The minimum atomic E-state index is -1.92. The predicted octanol–water partition coefficient (Wildman–Crippen LogP) is -1.22. The first-order valence-corrected chi connectivity index (χ1v) is 5.11. The van der Waals surface area contributed by atoms with Crippen molar-refractivity contribution in [1.29, 1.82) is 0 Å². The van der Waals surface area contributed by atoms with Gasteiger partial charge in [0.15, 0.2) is 15.1 Å². The molecule has 0 amide bonds. The van der Waals surface area contributed by atoms with Crippen LogP contribution in [0.15, 0.2) is 0 Å². The molecule has 0 aromatic heterocycles. The molecule has 0 radical (unpaired) electrons. The zero-order valence-electron chi connectivity index (χ0n) is 5.11. The van der Waals surface area contributed by atoms with Gasteiger partial charge < -0.3 is 15.0 Å². The topological polar surface area (TPSA) is 77.8 Å². The van der Waals surface area contributed by atoms with Crippen molar-refractivity contribution in [3.63, 3.8) is 0 Å². The second kappa shape index (κ2) is 3.60. The summed E-state index contributed by atoms with van der Waals surface area (Å²) in [4.78, 5) is 18.6. The van der Waals surface area contributed by atoms with E-state index in [1.165, 1.54) is 0 Å². The summed E-state index contributed by atoms with van der Waals surface area (Å²) in [5.41, 5.74) is 0. The predicted molar refractivity (Wildman–Crippen MR) is 33.7 cm³/mol. The minimum Gasteiger partial charge on any atom is -0.479 e. The molecule has 0 saturated carbocycles. The number of carboxylic acids is 1. The van der Waals surface area contributed by atoms with Crippen LogP contribution in [0.3, 0.4) is 0 Å². The van der Waals surface area contributed by atoms with Gasteiger partial charge in [-0.25, -0.2) is 4.79 Å². The van der Waals surface area contributed by atoms with Gasteiger partial charge in [0.1, 0.15) is 0 Å². The number of rotatable bonds is 3. The van der Waals surface area contributed by atoms with Crippen molar-refractivity contribution in [2.24, 2.45) is 0 Å². The standard InChI is InChI=1S/C4H10O4Si/c1-9(8)2-3(5)4(6)7/h3,5,8-9H,2H2,1H3,(H,6,7). The lowest BCUT2D eigenvalue weighted by Crippen LogP contribution is -2.25. The molecule has 54 valence electrons. The third-order valence-corrected chi connectivity index (χ3v) is 1.98. The molecule has 4 nitrogen and oxygen atoms in total. The Kier molecular flexibility index (Phi) is 3.44. The molecule has 0 fully saturated rings. The maximum Gasteiger partial charge on any atom is 0.332 e. The van der Waals surface area contributed by atoms with E-state index in [-0.39, 0.29) is 6.04 Å². The van der Waals surface area contributed by atoms with Crippen LogP contribution in [0.1, 0.15) is 0 Å². The number of carboxylic acid groups (broad SMARTS) is 1. The Bertz CT molecular complexity index is 103. The van der Waals surface area contributed by atoms with E-state index in [2.05, 4.69) is 0 Å². The van der Waals surface area contributed by atoms with E-state index in [0.29, 0.717) is 0 Å². The molecular weight excluding hydrogens is 140 g/mol. The third-order valence-electron chi connectivity index (χ3n) is 0.849. The quantitative estimate of drug-likeness (QED) is 0.441. The highest BCUT2D eigenvalue weighted by Gasteiger charge is 2.15. The number of aliphatic hydroxyl groups is 1. The summed E-state index contributed by atoms with van der Waals surface area (Å²) in [5, 5.41) is 16.7. The van der Waals surface area contributed by atoms with Gasteiger partial charge in [-0.15, -0.1) is 0 Å². The van der Waals surface area contributed by atoms with E-state index < -0.39 is 21.1 Å². The fourth-order valence-electron chi connectivity index (χ4n) is 0.424. The van der Waals surface area contributed by atoms with Crippen LogP contribution in [-0.2, 0) is 4.79 Å². The average Bonchev–Trinajstić information content (AvgIpc) is 1.63. The number of aliphatic carboxylic acids is 1. The molecule has 0 aliphatic heterocycles. The number of carbonyl (C=O) groups is 1. The van der Waals surface area contributed by atoms with Gasteiger partial charge in [0.25, 0.3) is 0 Å². The van der Waals surface area contributed by atoms with Crippen molar-refractivity contribution in [3.8, 4) is 0 Å². The van der Waals surface area contributed by atoms with Crippen molar-refractivity contribution in [1.82, 2.24) is 0 Å². The maximum absolute atomic E-state index is 9.90. The molecule has 0 heterocycles. The molecule has 0 aromatic carbocycles. The van der Waals surface area contributed by atoms with E-state index in [4.69, 9.17) is 15.0 Å². The fourth-order valence-corrected chi connectivity index (χ4v) is 1.27. The Hall–Kier alpha value is -0.393. The van der Waals surface area contributed by atoms with Crippen LogP contribution in [0.5, 0.6) is 0 Å². The van der Waals surface area contributed by atoms with Crippen LogP contribution < -0.4 is 0 Å². The Morgan fingerprint density at radius 2 is 2.22 bits per heavy atom. The molecule has 0 aliphatic carbocycles. The number of hydrogen-bond acceptors (Lipinski definition) is 3. The largest absolute Gasteiger partial charge is 0.479 e. The van der Waals surface area contributed by atoms with Gasteiger partial charge in [-0.3, -0.25) is 0 Å². The van der Waals surface area contributed by atoms with Crippen LogP contribution in [0.2, 0.25) is 12.6 Å². The van der Waals surface area contributed by atoms with Gasteiger partial charge in [0.05, 0.1) is 0 Å². The lowest BCUT2D eigenvalue weighted by Gasteiger charge is -2.04. The van der Waals surface area contributed by atoms with Gasteiger partial charge in [-0.2, -0.15) is 0 Å². The van der Waals surface area contributed by atoms with Gasteiger partial charge in [-0.05, 0) is 6.55 Å². The number of aliphatic hydroxyl groups excluding tert-OH is 1. The first-order valence-electron chi connectivity index (χ1n) is 2.63. The molecule has 9 heavy (non-hydrogen) atoms. The summed E-state index contributed by atoms with van der Waals surface area (Å²) in [6.45, 7) is 1.56. The Morgan fingerprint density at radius 3 is 2.33 bits per heavy atom. The lowest BCUT2D eigenvalue weighted by atomic mass is 10.4. The van der Waals surface area contributed by atoms with Crippen molar-refractivity contribution in [2.45, 2.75) is 18.7 Å². The first kappa shape index (κ1) is 8.61. The summed E-state index contributed by atoms with van der Waals surface area (Å²) >= 11 is 0. The van der Waals surface area contributed by atoms with E-state index in [1.807, 2.05) is 0 Å². The lowest BCUT2D eigenvalue weighted by molar-refractivity contribution is -0.145. The zero-order chi connectivity index (χ0) is 7.44. The molecule has 0 aromatic rings. The van der Waals surface area contributed by atoms with Crippen molar-refractivity contribution >= 4 is 15.0 Å². The monoisotopic (exact) mass is 150 g/mol. The van der Waals surface area contributed by atoms with Gasteiger partial charge >= 0.3 is 5.97 Å². The molecule has 2 atom stereocenters. The van der Waals surface area contributed by atoms with E-state index in [0.717, 1.165) is 0 Å². The summed E-state index contributed by atoms with van der Waals surface area (Å²) in [6, 6.07) is 0.0231. The van der Waals surface area contributed by atoms with Gasteiger partial charge in [0.2, 0.25) is 0 Å². The Balaban J connectivity index is 3.50. The summed E-state index contributed by atoms with van der Waals surface area (Å²) in [6.07, 6.45) is -1.38. The minimum absolute atomic E-state index is 0.0231. The Morgan fingerprint density at radius 1 is 1.78 bits per heavy atom. The molecule has 0 bridgehead atoms. The second-order valence-electron chi connectivity index (χ2n) is 1.94. The zero-order valence-corrected chi connectivity index (χ0v) is 6.27. The molecule has 0 rings (SSSR count). The number of hydrogen-bond donors (Lipinski definition) is 3.